The number of carbonyl (C=O) groups excluding carboxylic acids is 1. The third kappa shape index (κ3) is 7.40. The molecule has 0 saturated carbocycles. The van der Waals surface area contributed by atoms with E-state index in [0.717, 1.165) is 42.5 Å². The van der Waals surface area contributed by atoms with E-state index < -0.39 is 0 Å². The zero-order chi connectivity index (χ0) is 23.6. The lowest BCUT2D eigenvalue weighted by Crippen LogP contribution is -2.38. The summed E-state index contributed by atoms with van der Waals surface area (Å²) in [6.07, 6.45) is 8.15. The van der Waals surface area contributed by atoms with Gasteiger partial charge in [-0.3, -0.25) is 4.79 Å². The van der Waals surface area contributed by atoms with Gasteiger partial charge in [0.2, 0.25) is 5.91 Å². The number of pyridine rings is 1. The van der Waals surface area contributed by atoms with Crippen LogP contribution in [0.25, 0.3) is 0 Å². The SMILES string of the molecule is C/C=C(\N/C=N/c1ncc(Br)cc1Oc1ccc(CCOC)cc1)C1CCN(C(C)=O)CC1. The summed E-state index contributed by atoms with van der Waals surface area (Å²) in [7, 11) is 1.70. The number of halogens is 1. The lowest BCUT2D eigenvalue weighted by atomic mass is 9.93. The summed E-state index contributed by atoms with van der Waals surface area (Å²) < 4.78 is 12.0. The number of hydrogen-bond acceptors (Lipinski definition) is 5. The highest BCUT2D eigenvalue weighted by Gasteiger charge is 2.22. The highest BCUT2D eigenvalue weighted by atomic mass is 79.9. The first kappa shape index (κ1) is 24.9. The van der Waals surface area contributed by atoms with Crippen LogP contribution in [0.15, 0.2) is 57.8 Å². The average molecular weight is 515 g/mol. The summed E-state index contributed by atoms with van der Waals surface area (Å²) in [6.45, 7) is 5.89. The molecule has 0 aliphatic carbocycles. The minimum Gasteiger partial charge on any atom is -0.453 e. The average Bonchev–Trinajstić information content (AvgIpc) is 2.82. The van der Waals surface area contributed by atoms with Crippen molar-refractivity contribution in [3.05, 3.63) is 58.3 Å². The zero-order valence-corrected chi connectivity index (χ0v) is 21.0. The molecule has 1 N–H and O–H groups in total. The molecule has 2 heterocycles. The summed E-state index contributed by atoms with van der Waals surface area (Å²) in [5, 5.41) is 3.31. The van der Waals surface area contributed by atoms with Gasteiger partial charge in [-0.25, -0.2) is 9.98 Å². The fourth-order valence-corrected chi connectivity index (χ4v) is 4.08. The number of hydrogen-bond donors (Lipinski definition) is 1. The summed E-state index contributed by atoms with van der Waals surface area (Å²) in [5.41, 5.74) is 2.29. The molecule has 1 aromatic heterocycles. The maximum Gasteiger partial charge on any atom is 0.219 e. The maximum atomic E-state index is 11.6. The standard InChI is InChI=1S/C25H31BrN4O3/c1-4-23(20-9-12-30(13-10-20)18(2)31)28-17-29-25-24(15-21(26)16-27-25)33-22-7-5-19(6-8-22)11-14-32-3/h4-8,15-17,20H,9-14H2,1-3H3,(H,27,28,29)/b23-4-. The molecule has 0 radical (unpaired) electrons. The second kappa shape index (κ2) is 12.5. The Bertz CT molecular complexity index is 984. The molecule has 1 aliphatic heterocycles. The van der Waals surface area contributed by atoms with Gasteiger partial charge in [0.05, 0.1) is 12.9 Å². The number of piperidine rings is 1. The summed E-state index contributed by atoms with van der Waals surface area (Å²) >= 11 is 3.46. The van der Waals surface area contributed by atoms with Crippen LogP contribution in [0, 0.1) is 5.92 Å². The second-order valence-corrected chi connectivity index (χ2v) is 8.81. The highest BCUT2D eigenvalue weighted by molar-refractivity contribution is 9.10. The molecular formula is C25H31BrN4O3. The highest BCUT2D eigenvalue weighted by Crippen LogP contribution is 2.32. The van der Waals surface area contributed by atoms with E-state index in [-0.39, 0.29) is 5.91 Å². The van der Waals surface area contributed by atoms with Gasteiger partial charge in [0.15, 0.2) is 11.6 Å². The number of benzene rings is 1. The largest absolute Gasteiger partial charge is 0.453 e. The van der Waals surface area contributed by atoms with Crippen LogP contribution in [-0.4, -0.2) is 48.9 Å². The van der Waals surface area contributed by atoms with E-state index in [1.165, 1.54) is 5.56 Å². The Balaban J connectivity index is 1.64. The van der Waals surface area contributed by atoms with Crippen LogP contribution in [0.3, 0.4) is 0 Å². The molecular weight excluding hydrogens is 484 g/mol. The Morgan fingerprint density at radius 2 is 2.03 bits per heavy atom. The fourth-order valence-electron chi connectivity index (χ4n) is 3.77. The number of rotatable bonds is 9. The Kier molecular flexibility index (Phi) is 9.45. The van der Waals surface area contributed by atoms with Gasteiger partial charge in [0.25, 0.3) is 0 Å². The molecule has 1 saturated heterocycles. The van der Waals surface area contributed by atoms with E-state index in [1.807, 2.05) is 42.2 Å². The third-order valence-electron chi connectivity index (χ3n) is 5.65. The van der Waals surface area contributed by atoms with E-state index in [1.54, 1.807) is 26.6 Å². The molecule has 1 aliphatic rings. The van der Waals surface area contributed by atoms with Crippen molar-refractivity contribution in [2.45, 2.75) is 33.1 Å². The van der Waals surface area contributed by atoms with Crippen LogP contribution in [0.4, 0.5) is 5.82 Å². The Morgan fingerprint density at radius 1 is 1.30 bits per heavy atom. The number of carbonyl (C=O) groups is 1. The van der Waals surface area contributed by atoms with Gasteiger partial charge in [0.1, 0.15) is 5.75 Å². The van der Waals surface area contributed by atoms with Crippen LogP contribution in [0.5, 0.6) is 11.5 Å². The van der Waals surface area contributed by atoms with Crippen molar-refractivity contribution in [1.82, 2.24) is 15.2 Å². The number of aliphatic imine (C=N–C) groups is 1. The van der Waals surface area contributed by atoms with Crippen molar-refractivity contribution in [2.75, 3.05) is 26.8 Å². The normalized spacial score (nSPS) is 15.2. The first-order valence-corrected chi connectivity index (χ1v) is 11.9. The molecule has 0 spiro atoms. The van der Waals surface area contributed by atoms with E-state index in [2.05, 4.69) is 37.3 Å². The topological polar surface area (TPSA) is 76.1 Å². The van der Waals surface area contributed by atoms with E-state index in [9.17, 15) is 4.79 Å². The Hall–Kier alpha value is -2.71. The third-order valence-corrected chi connectivity index (χ3v) is 6.09. The molecule has 8 heteroatoms. The number of methoxy groups -OCH3 is 1. The van der Waals surface area contributed by atoms with Gasteiger partial charge in [-0.2, -0.15) is 0 Å². The van der Waals surface area contributed by atoms with Crippen molar-refractivity contribution in [2.24, 2.45) is 10.9 Å². The molecule has 7 nitrogen and oxygen atoms in total. The minimum absolute atomic E-state index is 0.142. The molecule has 3 rings (SSSR count). The van der Waals surface area contributed by atoms with E-state index in [0.29, 0.717) is 29.8 Å². The summed E-state index contributed by atoms with van der Waals surface area (Å²) in [6, 6.07) is 9.78. The van der Waals surface area contributed by atoms with E-state index >= 15 is 0 Å². The van der Waals surface area contributed by atoms with Gasteiger partial charge in [-0.1, -0.05) is 18.2 Å². The summed E-state index contributed by atoms with van der Waals surface area (Å²) in [4.78, 5) is 22.4. The number of likely N-dealkylation sites (tertiary alicyclic amines) is 1. The second-order valence-electron chi connectivity index (χ2n) is 7.89. The molecule has 2 aromatic rings. The Morgan fingerprint density at radius 3 is 2.67 bits per heavy atom. The predicted molar refractivity (Wildman–Crippen MR) is 134 cm³/mol. The monoisotopic (exact) mass is 514 g/mol. The van der Waals surface area contributed by atoms with Crippen molar-refractivity contribution in [1.29, 1.82) is 0 Å². The first-order chi connectivity index (χ1) is 16.0. The van der Waals surface area contributed by atoms with Crippen LogP contribution in [0.1, 0.15) is 32.3 Å². The number of ether oxygens (including phenoxy) is 2. The van der Waals surface area contributed by atoms with Gasteiger partial charge in [-0.15, -0.1) is 0 Å². The van der Waals surface area contributed by atoms with E-state index in [4.69, 9.17) is 9.47 Å². The lowest BCUT2D eigenvalue weighted by molar-refractivity contribution is -0.130. The van der Waals surface area contributed by atoms with Crippen LogP contribution >= 0.6 is 15.9 Å². The van der Waals surface area contributed by atoms with Crippen molar-refractivity contribution >= 4 is 34.0 Å². The van der Waals surface area contributed by atoms with Crippen molar-refractivity contribution in [3.8, 4) is 11.5 Å². The summed E-state index contributed by atoms with van der Waals surface area (Å²) in [5.74, 6) is 2.28. The van der Waals surface area contributed by atoms with Crippen molar-refractivity contribution < 1.29 is 14.3 Å². The smallest absolute Gasteiger partial charge is 0.219 e. The fraction of sp³-hybridized carbons (Fsp3) is 0.400. The minimum atomic E-state index is 0.142. The molecule has 0 atom stereocenters. The first-order valence-electron chi connectivity index (χ1n) is 11.1. The molecule has 0 unspecified atom stereocenters. The number of allylic oxidation sites excluding steroid dienone is 2. The van der Waals surface area contributed by atoms with Gasteiger partial charge in [0, 0.05) is 55.5 Å². The number of aromatic nitrogens is 1. The Labute approximate surface area is 204 Å². The lowest BCUT2D eigenvalue weighted by Gasteiger charge is -2.32. The maximum absolute atomic E-state index is 11.6. The molecule has 176 valence electrons. The van der Waals surface area contributed by atoms with Gasteiger partial charge >= 0.3 is 0 Å². The predicted octanol–water partition coefficient (Wildman–Crippen LogP) is 5.24. The van der Waals surface area contributed by atoms with Crippen LogP contribution in [0.2, 0.25) is 0 Å². The molecule has 1 aromatic carbocycles. The van der Waals surface area contributed by atoms with Gasteiger partial charge in [-0.05, 0) is 59.8 Å². The number of nitrogens with one attached hydrogen (secondary N) is 1. The van der Waals surface area contributed by atoms with Crippen LogP contribution in [-0.2, 0) is 16.0 Å². The molecule has 0 bridgehead atoms. The number of amides is 1. The van der Waals surface area contributed by atoms with Crippen molar-refractivity contribution in [3.63, 3.8) is 0 Å². The van der Waals surface area contributed by atoms with Gasteiger partial charge < -0.3 is 19.7 Å². The quantitative estimate of drug-likeness (QED) is 0.365. The molecule has 1 amide bonds. The molecule has 1 fully saturated rings. The molecule has 33 heavy (non-hydrogen) atoms. The number of nitrogens with zero attached hydrogens (tertiary/aromatic N) is 3. The van der Waals surface area contributed by atoms with Crippen LogP contribution < -0.4 is 10.1 Å². The zero-order valence-electron chi connectivity index (χ0n) is 19.4.